The topological polar surface area (TPSA) is 110 Å². The van der Waals surface area contributed by atoms with Crippen LogP contribution < -0.4 is 5.32 Å². The van der Waals surface area contributed by atoms with E-state index >= 15 is 0 Å². The van der Waals surface area contributed by atoms with E-state index in [1.807, 2.05) is 12.1 Å². The van der Waals surface area contributed by atoms with Gasteiger partial charge in [-0.05, 0) is 24.1 Å². The molecule has 2 aromatic heterocycles. The zero-order valence-corrected chi connectivity index (χ0v) is 10.6. The molecule has 0 aliphatic rings. The smallest absolute Gasteiger partial charge is 0.325 e. The zero-order valence-electron chi connectivity index (χ0n) is 10.6. The van der Waals surface area contributed by atoms with E-state index in [-0.39, 0.29) is 18.3 Å². The van der Waals surface area contributed by atoms with Gasteiger partial charge in [0.1, 0.15) is 6.54 Å². The minimum Gasteiger partial charge on any atom is -0.480 e. The molecule has 0 saturated heterocycles. The Labute approximate surface area is 114 Å². The third-order valence-corrected chi connectivity index (χ3v) is 2.49. The highest BCUT2D eigenvalue weighted by Gasteiger charge is 2.08. The van der Waals surface area contributed by atoms with Gasteiger partial charge < -0.3 is 10.4 Å². The van der Waals surface area contributed by atoms with E-state index in [1.165, 1.54) is 6.20 Å². The molecule has 0 atom stereocenters. The fourth-order valence-electron chi connectivity index (χ4n) is 1.58. The van der Waals surface area contributed by atoms with E-state index in [0.29, 0.717) is 12.8 Å². The molecular formula is C12H13N5O3. The van der Waals surface area contributed by atoms with Crippen molar-refractivity contribution >= 4 is 17.7 Å². The predicted molar refractivity (Wildman–Crippen MR) is 68.8 cm³/mol. The van der Waals surface area contributed by atoms with Crippen molar-refractivity contribution in [1.29, 1.82) is 0 Å². The van der Waals surface area contributed by atoms with Gasteiger partial charge in [-0.2, -0.15) is 0 Å². The van der Waals surface area contributed by atoms with Gasteiger partial charge in [0.15, 0.2) is 5.82 Å². The first-order valence-corrected chi connectivity index (χ1v) is 5.94. The van der Waals surface area contributed by atoms with Crippen LogP contribution in [0.4, 0.5) is 5.82 Å². The van der Waals surface area contributed by atoms with Gasteiger partial charge in [0, 0.05) is 18.8 Å². The summed E-state index contributed by atoms with van der Waals surface area (Å²) < 4.78 is 1.14. The lowest BCUT2D eigenvalue weighted by Crippen LogP contribution is -2.12. The van der Waals surface area contributed by atoms with Gasteiger partial charge in [-0.15, -0.1) is 5.10 Å². The molecule has 1 amide bonds. The zero-order chi connectivity index (χ0) is 14.4. The lowest BCUT2D eigenvalue weighted by molar-refractivity contribution is -0.137. The lowest BCUT2D eigenvalue weighted by atomic mass is 10.1. The van der Waals surface area contributed by atoms with Crippen LogP contribution in [0.2, 0.25) is 0 Å². The molecule has 8 heteroatoms. The van der Waals surface area contributed by atoms with Crippen LogP contribution in [0.3, 0.4) is 0 Å². The number of carbonyl (C=O) groups is 2. The molecule has 0 fully saturated rings. The summed E-state index contributed by atoms with van der Waals surface area (Å²) in [5.74, 6) is -0.986. The first-order valence-electron chi connectivity index (χ1n) is 5.94. The lowest BCUT2D eigenvalue weighted by Gasteiger charge is -2.01. The van der Waals surface area contributed by atoms with Crippen LogP contribution in [0, 0.1) is 0 Å². The minimum atomic E-state index is -1.02. The van der Waals surface area contributed by atoms with Gasteiger partial charge in [-0.1, -0.05) is 5.21 Å². The number of pyridine rings is 1. The summed E-state index contributed by atoms with van der Waals surface area (Å²) in [6.07, 6.45) is 5.61. The van der Waals surface area contributed by atoms with Gasteiger partial charge in [0.05, 0.1) is 6.20 Å². The number of anilines is 1. The maximum absolute atomic E-state index is 11.7. The molecule has 0 aliphatic carbocycles. The Bertz CT molecular complexity index is 596. The van der Waals surface area contributed by atoms with Crippen molar-refractivity contribution in [2.75, 3.05) is 5.32 Å². The Kier molecular flexibility index (Phi) is 4.38. The van der Waals surface area contributed by atoms with Crippen molar-refractivity contribution in [3.63, 3.8) is 0 Å². The summed E-state index contributed by atoms with van der Waals surface area (Å²) in [6, 6.07) is 3.69. The number of rotatable bonds is 6. The number of aliphatic carboxylic acids is 1. The average molecular weight is 275 g/mol. The van der Waals surface area contributed by atoms with Gasteiger partial charge in [0.25, 0.3) is 0 Å². The molecule has 0 saturated carbocycles. The quantitative estimate of drug-likeness (QED) is 0.786. The number of aromatic nitrogens is 4. The number of hydrogen-bond donors (Lipinski definition) is 2. The van der Waals surface area contributed by atoms with Crippen molar-refractivity contribution in [2.24, 2.45) is 0 Å². The molecule has 0 unspecified atom stereocenters. The van der Waals surface area contributed by atoms with E-state index in [0.717, 1.165) is 10.2 Å². The van der Waals surface area contributed by atoms with E-state index in [1.54, 1.807) is 12.4 Å². The number of nitrogens with one attached hydrogen (secondary N) is 1. The van der Waals surface area contributed by atoms with Crippen LogP contribution in [0.25, 0.3) is 0 Å². The molecule has 0 aliphatic heterocycles. The second-order valence-electron chi connectivity index (χ2n) is 4.10. The molecule has 2 aromatic rings. The average Bonchev–Trinajstić information content (AvgIpc) is 2.84. The Morgan fingerprint density at radius 1 is 1.30 bits per heavy atom. The van der Waals surface area contributed by atoms with Gasteiger partial charge in [-0.3, -0.25) is 14.6 Å². The summed E-state index contributed by atoms with van der Waals surface area (Å²) in [6.45, 7) is -0.292. The van der Waals surface area contributed by atoms with Crippen LogP contribution in [-0.2, 0) is 22.6 Å². The monoisotopic (exact) mass is 275 g/mol. The summed E-state index contributed by atoms with van der Waals surface area (Å²) in [4.78, 5) is 26.1. The number of carbonyl (C=O) groups excluding carboxylic acids is 1. The van der Waals surface area contributed by atoms with Crippen molar-refractivity contribution in [3.8, 4) is 0 Å². The SMILES string of the molecule is O=C(O)Cn1cc(NC(=O)CCc2ccncc2)nn1. The molecule has 0 aromatic carbocycles. The minimum absolute atomic E-state index is 0.204. The second-order valence-corrected chi connectivity index (χ2v) is 4.10. The molecule has 20 heavy (non-hydrogen) atoms. The van der Waals surface area contributed by atoms with Crippen LogP contribution in [-0.4, -0.2) is 37.0 Å². The van der Waals surface area contributed by atoms with Crippen molar-refractivity contribution in [2.45, 2.75) is 19.4 Å². The van der Waals surface area contributed by atoms with Gasteiger partial charge in [0.2, 0.25) is 5.91 Å². The number of carboxylic acid groups (broad SMARTS) is 1. The third kappa shape index (κ3) is 4.16. The molecule has 8 nitrogen and oxygen atoms in total. The van der Waals surface area contributed by atoms with E-state index in [4.69, 9.17) is 5.11 Å². The summed E-state index contributed by atoms with van der Waals surface area (Å²) >= 11 is 0. The molecule has 0 radical (unpaired) electrons. The number of hydrogen-bond acceptors (Lipinski definition) is 5. The summed E-state index contributed by atoms with van der Waals surface area (Å²) in [7, 11) is 0. The van der Waals surface area contributed by atoms with Crippen molar-refractivity contribution in [3.05, 3.63) is 36.3 Å². The molecule has 2 heterocycles. The van der Waals surface area contributed by atoms with E-state index in [2.05, 4.69) is 20.6 Å². The molecule has 0 bridgehead atoms. The highest BCUT2D eigenvalue weighted by atomic mass is 16.4. The number of carboxylic acids is 1. The Morgan fingerprint density at radius 2 is 2.05 bits per heavy atom. The Hall–Kier alpha value is -2.77. The molecular weight excluding hydrogens is 262 g/mol. The van der Waals surface area contributed by atoms with Crippen LogP contribution in [0.15, 0.2) is 30.7 Å². The highest BCUT2D eigenvalue weighted by Crippen LogP contribution is 2.04. The fourth-order valence-corrected chi connectivity index (χ4v) is 1.58. The number of nitrogens with zero attached hydrogens (tertiary/aromatic N) is 4. The molecule has 2 N–H and O–H groups in total. The van der Waals surface area contributed by atoms with Crippen molar-refractivity contribution in [1.82, 2.24) is 20.0 Å². The van der Waals surface area contributed by atoms with E-state index < -0.39 is 5.97 Å². The summed E-state index contributed by atoms with van der Waals surface area (Å²) in [5.41, 5.74) is 1.02. The molecule has 0 spiro atoms. The summed E-state index contributed by atoms with van der Waals surface area (Å²) in [5, 5.41) is 18.4. The molecule has 2 rings (SSSR count). The van der Waals surface area contributed by atoms with Crippen LogP contribution >= 0.6 is 0 Å². The number of amides is 1. The van der Waals surface area contributed by atoms with Crippen molar-refractivity contribution < 1.29 is 14.7 Å². The predicted octanol–water partition coefficient (Wildman–Crippen LogP) is 0.329. The Morgan fingerprint density at radius 3 is 2.75 bits per heavy atom. The fraction of sp³-hybridized carbons (Fsp3) is 0.250. The van der Waals surface area contributed by atoms with Gasteiger partial charge >= 0.3 is 5.97 Å². The van der Waals surface area contributed by atoms with Crippen LogP contribution in [0.1, 0.15) is 12.0 Å². The van der Waals surface area contributed by atoms with Crippen LogP contribution in [0.5, 0.6) is 0 Å². The van der Waals surface area contributed by atoms with Gasteiger partial charge in [-0.25, -0.2) is 4.68 Å². The third-order valence-electron chi connectivity index (χ3n) is 2.49. The maximum Gasteiger partial charge on any atom is 0.325 e. The normalized spacial score (nSPS) is 10.2. The first kappa shape index (κ1) is 13.7. The standard InChI is InChI=1S/C12H13N5O3/c18-11(2-1-9-3-5-13-6-4-9)14-10-7-17(16-15-10)8-12(19)20/h3-7H,1-2,8H2,(H,14,18)(H,19,20). The largest absolute Gasteiger partial charge is 0.480 e. The molecule has 104 valence electrons. The Balaban J connectivity index is 1.82. The maximum atomic E-state index is 11.7. The van der Waals surface area contributed by atoms with E-state index in [9.17, 15) is 9.59 Å². The highest BCUT2D eigenvalue weighted by molar-refractivity contribution is 5.89. The second kappa shape index (κ2) is 6.41. The number of aryl methyl sites for hydroxylation is 1. The first-order chi connectivity index (χ1) is 9.63.